The molecule has 3 rings (SSSR count). The molecule has 27 heavy (non-hydrogen) atoms. The van der Waals surface area contributed by atoms with Gasteiger partial charge in [0.2, 0.25) is 0 Å². The van der Waals surface area contributed by atoms with Gasteiger partial charge in [-0.25, -0.2) is 4.68 Å². The molecule has 3 aromatic rings. The number of carbonyl (C=O) groups is 1. The van der Waals surface area contributed by atoms with Gasteiger partial charge in [-0.05, 0) is 30.3 Å². The first-order valence-corrected chi connectivity index (χ1v) is 8.49. The smallest absolute Gasteiger partial charge is 0.275 e. The van der Waals surface area contributed by atoms with Gasteiger partial charge in [-0.2, -0.15) is 5.10 Å². The quantitative estimate of drug-likeness (QED) is 0.707. The topological polar surface area (TPSA) is 67.2 Å². The van der Waals surface area contributed by atoms with E-state index in [-0.39, 0.29) is 24.6 Å². The van der Waals surface area contributed by atoms with Gasteiger partial charge in [0, 0.05) is 30.7 Å². The molecule has 0 fully saturated rings. The average Bonchev–Trinajstić information content (AvgIpc) is 2.69. The lowest BCUT2D eigenvalue weighted by Crippen LogP contribution is -2.28. The van der Waals surface area contributed by atoms with Crippen molar-refractivity contribution in [1.82, 2.24) is 15.1 Å². The van der Waals surface area contributed by atoms with E-state index in [0.29, 0.717) is 22.0 Å². The molecule has 0 bridgehead atoms. The van der Waals surface area contributed by atoms with E-state index < -0.39 is 0 Å². The van der Waals surface area contributed by atoms with Crippen LogP contribution in [0.4, 0.5) is 5.69 Å². The predicted molar refractivity (Wildman–Crippen MR) is 107 cm³/mol. The third kappa shape index (κ3) is 3.82. The molecular weight excluding hydrogens is 340 g/mol. The molecule has 136 valence electrons. The monoisotopic (exact) mass is 360 g/mol. The second kappa shape index (κ2) is 7.75. The minimum Gasteiger partial charge on any atom is -0.378 e. The zero-order valence-electron chi connectivity index (χ0n) is 15.3. The van der Waals surface area contributed by atoms with Gasteiger partial charge in [-0.15, -0.1) is 6.42 Å². The van der Waals surface area contributed by atoms with Gasteiger partial charge in [-0.1, -0.05) is 24.1 Å². The van der Waals surface area contributed by atoms with Crippen LogP contribution in [0.15, 0.2) is 53.3 Å². The Labute approximate surface area is 157 Å². The summed E-state index contributed by atoms with van der Waals surface area (Å²) in [7, 11) is 3.88. The van der Waals surface area contributed by atoms with E-state index in [1.54, 1.807) is 24.3 Å². The van der Waals surface area contributed by atoms with Gasteiger partial charge in [0.1, 0.15) is 6.54 Å². The van der Waals surface area contributed by atoms with Crippen LogP contribution in [-0.2, 0) is 13.1 Å². The largest absolute Gasteiger partial charge is 0.378 e. The number of hydrogen-bond acceptors (Lipinski definition) is 4. The summed E-state index contributed by atoms with van der Waals surface area (Å²) in [6.07, 6.45) is 5.33. The maximum atomic E-state index is 12.5. The summed E-state index contributed by atoms with van der Waals surface area (Å²) in [5.41, 5.74) is 1.93. The number of benzene rings is 2. The second-order valence-corrected chi connectivity index (χ2v) is 6.28. The first kappa shape index (κ1) is 18.2. The molecule has 0 aliphatic heterocycles. The van der Waals surface area contributed by atoms with Gasteiger partial charge in [-0.3, -0.25) is 9.59 Å². The molecule has 1 aromatic heterocycles. The maximum absolute atomic E-state index is 12.5. The Morgan fingerprint density at radius 1 is 1.15 bits per heavy atom. The lowest BCUT2D eigenvalue weighted by Gasteiger charge is -2.13. The van der Waals surface area contributed by atoms with Gasteiger partial charge in [0.05, 0.1) is 17.6 Å². The molecule has 0 radical (unpaired) electrons. The number of rotatable bonds is 5. The van der Waals surface area contributed by atoms with Crippen LogP contribution < -0.4 is 15.8 Å². The molecule has 1 amide bonds. The third-order valence-electron chi connectivity index (χ3n) is 4.25. The lowest BCUT2D eigenvalue weighted by atomic mass is 10.1. The fourth-order valence-electron chi connectivity index (χ4n) is 2.81. The minimum atomic E-state index is -0.238. The van der Waals surface area contributed by atoms with E-state index in [0.717, 1.165) is 5.69 Å². The summed E-state index contributed by atoms with van der Waals surface area (Å²) >= 11 is 0. The molecule has 0 aliphatic carbocycles. The molecule has 2 aromatic carbocycles. The zero-order valence-corrected chi connectivity index (χ0v) is 15.3. The molecule has 0 spiro atoms. The highest BCUT2D eigenvalue weighted by molar-refractivity contribution is 5.94. The zero-order chi connectivity index (χ0) is 19.4. The van der Waals surface area contributed by atoms with Crippen LogP contribution in [0.5, 0.6) is 0 Å². The van der Waals surface area contributed by atoms with Crippen LogP contribution in [-0.4, -0.2) is 29.8 Å². The molecule has 0 saturated heterocycles. The molecular formula is C21H20N4O2. The summed E-state index contributed by atoms with van der Waals surface area (Å²) in [6.45, 7) is 0.274. The van der Waals surface area contributed by atoms with Crippen LogP contribution in [0.1, 0.15) is 16.1 Å². The molecule has 1 heterocycles. The first-order valence-electron chi connectivity index (χ1n) is 8.49. The van der Waals surface area contributed by atoms with Gasteiger partial charge >= 0.3 is 0 Å². The number of amides is 1. The first-order chi connectivity index (χ1) is 13.0. The highest BCUT2D eigenvalue weighted by atomic mass is 16.1. The van der Waals surface area contributed by atoms with Crippen molar-refractivity contribution < 1.29 is 4.79 Å². The number of anilines is 1. The Kier molecular flexibility index (Phi) is 5.23. The maximum Gasteiger partial charge on any atom is 0.275 e. The van der Waals surface area contributed by atoms with Gasteiger partial charge < -0.3 is 10.2 Å². The Morgan fingerprint density at radius 2 is 1.81 bits per heavy atom. The van der Waals surface area contributed by atoms with Crippen LogP contribution in [0, 0.1) is 12.3 Å². The standard InChI is InChI=1S/C21H20N4O2/c1-4-13-25-21(27)18-8-6-5-7-17(18)19(23-25)14-22-20(26)15-9-11-16(12-10-15)24(2)3/h1,5-12H,13-14H2,2-3H3,(H,22,26). The minimum absolute atomic E-state index is 0.0800. The van der Waals surface area contributed by atoms with Crippen molar-refractivity contribution in [2.75, 3.05) is 19.0 Å². The third-order valence-corrected chi connectivity index (χ3v) is 4.25. The summed E-state index contributed by atoms with van der Waals surface area (Å²) in [5, 5.41) is 8.43. The van der Waals surface area contributed by atoms with Crippen molar-refractivity contribution in [3.05, 3.63) is 70.1 Å². The average molecular weight is 360 g/mol. The SMILES string of the molecule is C#CCn1nc(CNC(=O)c2ccc(N(C)C)cc2)c2ccccc2c1=O. The molecule has 6 nitrogen and oxygen atoms in total. The van der Waals surface area contributed by atoms with Crippen molar-refractivity contribution in [2.24, 2.45) is 0 Å². The molecule has 0 saturated carbocycles. The highest BCUT2D eigenvalue weighted by Crippen LogP contribution is 2.14. The van der Waals surface area contributed by atoms with Crippen LogP contribution in [0.25, 0.3) is 10.8 Å². The number of hydrogen-bond donors (Lipinski definition) is 1. The lowest BCUT2D eigenvalue weighted by molar-refractivity contribution is 0.0950. The molecule has 0 unspecified atom stereocenters. The van der Waals surface area contributed by atoms with Crippen molar-refractivity contribution in [1.29, 1.82) is 0 Å². The molecule has 1 N–H and O–H groups in total. The molecule has 6 heteroatoms. The number of fused-ring (bicyclic) bond motifs is 1. The van der Waals surface area contributed by atoms with Gasteiger partial charge in [0.25, 0.3) is 11.5 Å². The van der Waals surface area contributed by atoms with Crippen molar-refractivity contribution >= 4 is 22.4 Å². The number of nitrogens with one attached hydrogen (secondary N) is 1. The second-order valence-electron chi connectivity index (χ2n) is 6.28. The fourth-order valence-corrected chi connectivity index (χ4v) is 2.81. The Bertz CT molecular complexity index is 1080. The summed E-state index contributed by atoms with van der Waals surface area (Å²) in [6, 6.07) is 14.5. The molecule has 0 atom stereocenters. The highest BCUT2D eigenvalue weighted by Gasteiger charge is 2.12. The summed E-state index contributed by atoms with van der Waals surface area (Å²) in [5.74, 6) is 2.22. The van der Waals surface area contributed by atoms with Crippen molar-refractivity contribution in [3.8, 4) is 12.3 Å². The number of carbonyl (C=O) groups excluding carboxylic acids is 1. The number of nitrogens with zero attached hydrogens (tertiary/aromatic N) is 3. The molecule has 0 aliphatic rings. The van der Waals surface area contributed by atoms with Crippen LogP contribution in [0.2, 0.25) is 0 Å². The van der Waals surface area contributed by atoms with E-state index >= 15 is 0 Å². The fraction of sp³-hybridized carbons (Fsp3) is 0.190. The normalized spacial score (nSPS) is 10.4. The predicted octanol–water partition coefficient (Wildman–Crippen LogP) is 2.03. The van der Waals surface area contributed by atoms with E-state index in [4.69, 9.17) is 6.42 Å². The van der Waals surface area contributed by atoms with E-state index in [1.165, 1.54) is 4.68 Å². The number of terminal acetylenes is 1. The summed E-state index contributed by atoms with van der Waals surface area (Å²) in [4.78, 5) is 26.9. The van der Waals surface area contributed by atoms with Crippen molar-refractivity contribution in [3.63, 3.8) is 0 Å². The van der Waals surface area contributed by atoms with E-state index in [9.17, 15) is 9.59 Å². The van der Waals surface area contributed by atoms with E-state index in [2.05, 4.69) is 16.3 Å². The van der Waals surface area contributed by atoms with Crippen molar-refractivity contribution in [2.45, 2.75) is 13.1 Å². The van der Waals surface area contributed by atoms with Crippen LogP contribution in [0.3, 0.4) is 0 Å². The Morgan fingerprint density at radius 3 is 2.44 bits per heavy atom. The number of aromatic nitrogens is 2. The van der Waals surface area contributed by atoms with E-state index in [1.807, 2.05) is 43.3 Å². The van der Waals surface area contributed by atoms with Gasteiger partial charge in [0.15, 0.2) is 0 Å². The Hall–Kier alpha value is -3.59. The summed E-state index contributed by atoms with van der Waals surface area (Å²) < 4.78 is 1.25. The van der Waals surface area contributed by atoms with Crippen LogP contribution >= 0.6 is 0 Å². The Balaban J connectivity index is 1.86.